The number of benzene rings is 2. The maximum atomic E-state index is 12.5. The third-order valence-electron chi connectivity index (χ3n) is 6.81. The summed E-state index contributed by atoms with van der Waals surface area (Å²) < 4.78 is 5.60. The summed E-state index contributed by atoms with van der Waals surface area (Å²) in [5, 5.41) is 14.6. The van der Waals surface area contributed by atoms with Crippen molar-refractivity contribution in [3.63, 3.8) is 0 Å². The van der Waals surface area contributed by atoms with Crippen LogP contribution in [0.2, 0.25) is 0 Å². The Morgan fingerprint density at radius 1 is 1.00 bits per heavy atom. The topological polar surface area (TPSA) is 105 Å². The molecule has 3 rings (SSSR count). The van der Waals surface area contributed by atoms with Crippen molar-refractivity contribution in [1.29, 1.82) is 0 Å². The molecule has 2 aromatic carbocycles. The van der Waals surface area contributed by atoms with E-state index >= 15 is 0 Å². The van der Waals surface area contributed by atoms with E-state index in [9.17, 15) is 14.4 Å². The molecule has 7 nitrogen and oxygen atoms in total. The van der Waals surface area contributed by atoms with Gasteiger partial charge in [-0.25, -0.2) is 4.79 Å². The number of fused-ring (bicyclic) bond motifs is 3. The normalized spacial score (nSPS) is 14.1. The standard InChI is InChI=1S/C28H36N2O5/c1-4-20(13-14-27(32)33)30-26(31)15-19(18(2)3)16-29-28(34)35-17-25-23-11-7-5-9-21(23)22-10-6-8-12-24(22)25/h5-12,18-20,25H,4,13-17H2,1-3H3,(H,29,34)(H,30,31)(H,32,33). The van der Waals surface area contributed by atoms with Crippen molar-refractivity contribution in [2.24, 2.45) is 11.8 Å². The van der Waals surface area contributed by atoms with Gasteiger partial charge in [0.2, 0.25) is 5.91 Å². The Morgan fingerprint density at radius 3 is 2.14 bits per heavy atom. The van der Waals surface area contributed by atoms with Gasteiger partial charge in [-0.15, -0.1) is 0 Å². The molecule has 2 amide bonds. The largest absolute Gasteiger partial charge is 0.481 e. The molecule has 35 heavy (non-hydrogen) atoms. The molecule has 0 aromatic heterocycles. The Bertz CT molecular complexity index is 990. The first-order valence-corrected chi connectivity index (χ1v) is 12.4. The second-order valence-corrected chi connectivity index (χ2v) is 9.52. The van der Waals surface area contributed by atoms with Crippen LogP contribution in [-0.4, -0.2) is 42.3 Å². The monoisotopic (exact) mass is 480 g/mol. The van der Waals surface area contributed by atoms with Gasteiger partial charge in [-0.3, -0.25) is 9.59 Å². The number of carboxylic acids is 1. The molecule has 0 spiro atoms. The zero-order valence-electron chi connectivity index (χ0n) is 20.8. The number of ether oxygens (including phenoxy) is 1. The van der Waals surface area contributed by atoms with Crippen LogP contribution in [0, 0.1) is 11.8 Å². The molecule has 2 unspecified atom stereocenters. The van der Waals surface area contributed by atoms with Gasteiger partial charge in [0.05, 0.1) is 0 Å². The lowest BCUT2D eigenvalue weighted by Gasteiger charge is -2.23. The number of nitrogens with one attached hydrogen (secondary N) is 2. The molecular formula is C28H36N2O5. The number of carboxylic acid groups (broad SMARTS) is 1. The summed E-state index contributed by atoms with van der Waals surface area (Å²) in [6, 6.07) is 16.2. The van der Waals surface area contributed by atoms with E-state index in [1.807, 2.05) is 45.0 Å². The Labute approximate surface area is 207 Å². The van der Waals surface area contributed by atoms with Crippen LogP contribution in [-0.2, 0) is 14.3 Å². The minimum atomic E-state index is -0.870. The fourth-order valence-corrected chi connectivity index (χ4v) is 4.61. The molecule has 0 bridgehead atoms. The number of carbonyl (C=O) groups excluding carboxylic acids is 2. The van der Waals surface area contributed by atoms with Gasteiger partial charge in [-0.1, -0.05) is 69.3 Å². The summed E-state index contributed by atoms with van der Waals surface area (Å²) in [5.74, 6) is -0.891. The average molecular weight is 481 g/mol. The number of hydrogen-bond acceptors (Lipinski definition) is 4. The zero-order chi connectivity index (χ0) is 25.4. The predicted octanol–water partition coefficient (Wildman–Crippen LogP) is 4.95. The second-order valence-electron chi connectivity index (χ2n) is 9.52. The average Bonchev–Trinajstić information content (AvgIpc) is 3.16. The van der Waals surface area contributed by atoms with Gasteiger partial charge in [-0.2, -0.15) is 0 Å². The highest BCUT2D eigenvalue weighted by molar-refractivity contribution is 5.79. The summed E-state index contributed by atoms with van der Waals surface area (Å²) in [5.41, 5.74) is 4.67. The molecule has 188 valence electrons. The molecular weight excluding hydrogens is 444 g/mol. The lowest BCUT2D eigenvalue weighted by molar-refractivity contribution is -0.137. The van der Waals surface area contributed by atoms with Crippen LogP contribution >= 0.6 is 0 Å². The number of carbonyl (C=O) groups is 3. The van der Waals surface area contributed by atoms with E-state index < -0.39 is 12.1 Å². The SMILES string of the molecule is CCC(CCC(=O)O)NC(=O)CC(CNC(=O)OCC1c2ccccc2-c2ccccc21)C(C)C. The molecule has 1 aliphatic rings. The third kappa shape index (κ3) is 7.07. The molecule has 3 N–H and O–H groups in total. The number of hydrogen-bond donors (Lipinski definition) is 3. The maximum absolute atomic E-state index is 12.5. The zero-order valence-corrected chi connectivity index (χ0v) is 20.8. The third-order valence-corrected chi connectivity index (χ3v) is 6.81. The van der Waals surface area contributed by atoms with Crippen LogP contribution in [0.4, 0.5) is 4.79 Å². The van der Waals surface area contributed by atoms with Gasteiger partial charge >= 0.3 is 12.1 Å². The lowest BCUT2D eigenvalue weighted by Crippen LogP contribution is -2.39. The lowest BCUT2D eigenvalue weighted by atomic mass is 9.92. The quantitative estimate of drug-likeness (QED) is 0.399. The van der Waals surface area contributed by atoms with E-state index in [0.717, 1.165) is 11.1 Å². The first-order chi connectivity index (χ1) is 16.8. The minimum Gasteiger partial charge on any atom is -0.481 e. The number of alkyl carbamates (subject to hydrolysis) is 1. The molecule has 0 heterocycles. The van der Waals surface area contributed by atoms with Gasteiger partial charge < -0.3 is 20.5 Å². The van der Waals surface area contributed by atoms with Crippen molar-refractivity contribution in [2.45, 2.75) is 58.4 Å². The van der Waals surface area contributed by atoms with Crippen LogP contribution < -0.4 is 10.6 Å². The molecule has 0 aliphatic heterocycles. The molecule has 2 atom stereocenters. The molecule has 1 aliphatic carbocycles. The minimum absolute atomic E-state index is 0.00315. The molecule has 0 saturated carbocycles. The van der Waals surface area contributed by atoms with Crippen molar-refractivity contribution < 1.29 is 24.2 Å². The van der Waals surface area contributed by atoms with E-state index in [1.165, 1.54) is 11.1 Å². The predicted molar refractivity (Wildman–Crippen MR) is 135 cm³/mol. The molecule has 0 saturated heterocycles. The van der Waals surface area contributed by atoms with Crippen molar-refractivity contribution >= 4 is 18.0 Å². The van der Waals surface area contributed by atoms with Crippen molar-refractivity contribution in [2.75, 3.05) is 13.2 Å². The summed E-state index contributed by atoms with van der Waals surface area (Å²) in [6.45, 7) is 6.52. The van der Waals surface area contributed by atoms with Crippen molar-refractivity contribution in [1.82, 2.24) is 10.6 Å². The molecule has 2 aromatic rings. The fourth-order valence-electron chi connectivity index (χ4n) is 4.61. The molecule has 0 fully saturated rings. The number of rotatable bonds is 12. The highest BCUT2D eigenvalue weighted by atomic mass is 16.5. The van der Waals surface area contributed by atoms with Gasteiger partial charge in [-0.05, 0) is 46.9 Å². The van der Waals surface area contributed by atoms with Crippen LogP contribution in [0.3, 0.4) is 0 Å². The van der Waals surface area contributed by atoms with Crippen molar-refractivity contribution in [3.8, 4) is 11.1 Å². The van der Waals surface area contributed by atoms with Crippen LogP contribution in [0.1, 0.15) is 63.5 Å². The maximum Gasteiger partial charge on any atom is 0.407 e. The van der Waals surface area contributed by atoms with E-state index in [1.54, 1.807) is 0 Å². The molecule has 7 heteroatoms. The van der Waals surface area contributed by atoms with Crippen LogP contribution in [0.25, 0.3) is 11.1 Å². The first-order valence-electron chi connectivity index (χ1n) is 12.4. The Morgan fingerprint density at radius 2 is 1.60 bits per heavy atom. The Hall–Kier alpha value is -3.35. The van der Waals surface area contributed by atoms with Gasteiger partial charge in [0.15, 0.2) is 0 Å². The van der Waals surface area contributed by atoms with Crippen LogP contribution in [0.5, 0.6) is 0 Å². The van der Waals surface area contributed by atoms with E-state index in [4.69, 9.17) is 9.84 Å². The first kappa shape index (κ1) is 26.3. The summed E-state index contributed by atoms with van der Waals surface area (Å²) >= 11 is 0. The Kier molecular flexibility index (Phi) is 9.29. The van der Waals surface area contributed by atoms with E-state index in [2.05, 4.69) is 34.9 Å². The van der Waals surface area contributed by atoms with Crippen molar-refractivity contribution in [3.05, 3.63) is 59.7 Å². The van der Waals surface area contributed by atoms with Gasteiger partial charge in [0, 0.05) is 31.3 Å². The Balaban J connectivity index is 1.50. The van der Waals surface area contributed by atoms with Gasteiger partial charge in [0.25, 0.3) is 0 Å². The number of aliphatic carboxylic acids is 1. The highest BCUT2D eigenvalue weighted by Crippen LogP contribution is 2.44. The molecule has 0 radical (unpaired) electrons. The highest BCUT2D eigenvalue weighted by Gasteiger charge is 2.29. The van der Waals surface area contributed by atoms with Gasteiger partial charge in [0.1, 0.15) is 6.61 Å². The van der Waals surface area contributed by atoms with Crippen LogP contribution in [0.15, 0.2) is 48.5 Å². The fraction of sp³-hybridized carbons (Fsp3) is 0.464. The second kappa shape index (κ2) is 12.4. The summed E-state index contributed by atoms with van der Waals surface area (Å²) in [6.07, 6.45) is 0.858. The summed E-state index contributed by atoms with van der Waals surface area (Å²) in [4.78, 5) is 35.9. The smallest absolute Gasteiger partial charge is 0.407 e. The van der Waals surface area contributed by atoms with E-state index in [0.29, 0.717) is 19.4 Å². The van der Waals surface area contributed by atoms with E-state index in [-0.39, 0.29) is 49.2 Å². The number of amides is 2. The summed E-state index contributed by atoms with van der Waals surface area (Å²) in [7, 11) is 0.